The molecule has 0 aromatic heterocycles. The number of amides is 1. The second-order valence-electron chi connectivity index (χ2n) is 3.82. The van der Waals surface area contributed by atoms with Gasteiger partial charge in [-0.05, 0) is 20.8 Å². The van der Waals surface area contributed by atoms with Crippen LogP contribution in [0.5, 0.6) is 0 Å². The number of ether oxygens (including phenoxy) is 1. The summed E-state index contributed by atoms with van der Waals surface area (Å²) in [4.78, 5) is 21.9. The van der Waals surface area contributed by atoms with E-state index < -0.39 is 5.60 Å². The molecular weight excluding hydrogens is 250 g/mol. The molecule has 0 aliphatic carbocycles. The summed E-state index contributed by atoms with van der Waals surface area (Å²) in [5.74, 6) is -0.430. The molecule has 1 amide bonds. The Balaban J connectivity index is 3.60. The molecule has 5 heteroatoms. The molecule has 0 aromatic rings. The van der Waals surface area contributed by atoms with E-state index in [1.807, 2.05) is 20.8 Å². The van der Waals surface area contributed by atoms with Crippen molar-refractivity contribution in [3.63, 3.8) is 0 Å². The average Bonchev–Trinajstić information content (AvgIpc) is 2.00. The maximum absolute atomic E-state index is 11.1. The van der Waals surface area contributed by atoms with E-state index in [1.165, 1.54) is 0 Å². The molecule has 1 N–H and O–H groups in total. The van der Waals surface area contributed by atoms with Crippen LogP contribution < -0.4 is 5.32 Å². The first-order valence-corrected chi connectivity index (χ1v) is 5.52. The summed E-state index contributed by atoms with van der Waals surface area (Å²) in [6, 6.07) is 0. The van der Waals surface area contributed by atoms with E-state index in [0.717, 1.165) is 0 Å². The van der Waals surface area contributed by atoms with Gasteiger partial charge in [-0.25, -0.2) is 0 Å². The molecule has 0 saturated heterocycles. The van der Waals surface area contributed by atoms with Gasteiger partial charge in [0, 0.05) is 6.54 Å². The maximum Gasteiger partial charge on any atom is 0.308 e. The Kier molecular flexibility index (Phi) is 5.76. The van der Waals surface area contributed by atoms with Crippen molar-refractivity contribution in [2.45, 2.75) is 32.8 Å². The van der Waals surface area contributed by atoms with Crippen molar-refractivity contribution < 1.29 is 14.3 Å². The van der Waals surface area contributed by atoms with E-state index >= 15 is 0 Å². The Hall–Kier alpha value is -0.580. The molecule has 82 valence electrons. The van der Waals surface area contributed by atoms with Gasteiger partial charge < -0.3 is 10.1 Å². The summed E-state index contributed by atoms with van der Waals surface area (Å²) in [7, 11) is 0. The molecule has 0 rings (SSSR count). The monoisotopic (exact) mass is 265 g/mol. The maximum atomic E-state index is 11.1. The SMILES string of the molecule is CC(C)(C)OC(=O)CCNC(=O)CBr. The Morgan fingerprint density at radius 3 is 2.36 bits per heavy atom. The summed E-state index contributed by atoms with van der Waals surface area (Å²) in [5, 5.41) is 2.81. The van der Waals surface area contributed by atoms with Crippen molar-refractivity contribution in [3.05, 3.63) is 0 Å². The second kappa shape index (κ2) is 6.01. The van der Waals surface area contributed by atoms with Gasteiger partial charge in [0.05, 0.1) is 11.8 Å². The van der Waals surface area contributed by atoms with E-state index in [0.29, 0.717) is 6.54 Å². The molecule has 0 atom stereocenters. The highest BCUT2D eigenvalue weighted by molar-refractivity contribution is 9.09. The zero-order valence-corrected chi connectivity index (χ0v) is 10.3. The van der Waals surface area contributed by atoms with Crippen LogP contribution >= 0.6 is 15.9 Å². The van der Waals surface area contributed by atoms with Gasteiger partial charge in [-0.3, -0.25) is 9.59 Å². The fourth-order valence-electron chi connectivity index (χ4n) is 0.744. The molecule has 0 saturated carbocycles. The quantitative estimate of drug-likeness (QED) is 0.615. The fraction of sp³-hybridized carbons (Fsp3) is 0.778. The minimum Gasteiger partial charge on any atom is -0.460 e. The largest absolute Gasteiger partial charge is 0.460 e. The smallest absolute Gasteiger partial charge is 0.308 e. The minimum atomic E-state index is -0.462. The average molecular weight is 266 g/mol. The molecule has 0 bridgehead atoms. The van der Waals surface area contributed by atoms with Gasteiger partial charge in [0.25, 0.3) is 0 Å². The van der Waals surface area contributed by atoms with Gasteiger partial charge in [0.1, 0.15) is 5.60 Å². The van der Waals surface area contributed by atoms with Crippen LogP contribution in [-0.2, 0) is 14.3 Å². The normalized spacial score (nSPS) is 10.9. The predicted octanol–water partition coefficient (Wildman–Crippen LogP) is 1.23. The molecule has 4 nitrogen and oxygen atoms in total. The third-order valence-corrected chi connectivity index (χ3v) is 1.70. The highest BCUT2D eigenvalue weighted by Gasteiger charge is 2.15. The minimum absolute atomic E-state index is 0.131. The molecular formula is C9H16BrNO3. The third-order valence-electron chi connectivity index (χ3n) is 1.19. The van der Waals surface area contributed by atoms with Crippen molar-refractivity contribution in [2.24, 2.45) is 0 Å². The number of rotatable bonds is 4. The summed E-state index contributed by atoms with van der Waals surface area (Å²) >= 11 is 3.00. The first kappa shape index (κ1) is 13.4. The van der Waals surface area contributed by atoms with Crippen molar-refractivity contribution in [3.8, 4) is 0 Å². The molecule has 0 aromatic carbocycles. The van der Waals surface area contributed by atoms with Crippen molar-refractivity contribution >= 4 is 27.8 Å². The topological polar surface area (TPSA) is 55.4 Å². The molecule has 0 unspecified atom stereocenters. The number of halogens is 1. The van der Waals surface area contributed by atoms with Gasteiger partial charge in [0.15, 0.2) is 0 Å². The lowest BCUT2D eigenvalue weighted by molar-refractivity contribution is -0.154. The van der Waals surface area contributed by atoms with Crippen LogP contribution in [0.1, 0.15) is 27.2 Å². The number of hydrogen-bond donors (Lipinski definition) is 1. The Bertz CT molecular complexity index is 211. The van der Waals surface area contributed by atoms with E-state index in [4.69, 9.17) is 4.74 Å². The van der Waals surface area contributed by atoms with Crippen LogP contribution in [0.25, 0.3) is 0 Å². The molecule has 0 heterocycles. The number of carbonyl (C=O) groups is 2. The lowest BCUT2D eigenvalue weighted by Gasteiger charge is -2.19. The molecule has 0 radical (unpaired) electrons. The Labute approximate surface area is 92.5 Å². The standard InChI is InChI=1S/C9H16BrNO3/c1-9(2,3)14-8(13)4-5-11-7(12)6-10/h4-6H2,1-3H3,(H,11,12). The van der Waals surface area contributed by atoms with Gasteiger partial charge in [-0.15, -0.1) is 0 Å². The van der Waals surface area contributed by atoms with Gasteiger partial charge in [-0.2, -0.15) is 0 Å². The van der Waals surface area contributed by atoms with Crippen LogP contribution in [-0.4, -0.2) is 29.4 Å². The summed E-state index contributed by atoms with van der Waals surface area (Å²) < 4.78 is 5.05. The van der Waals surface area contributed by atoms with Crippen molar-refractivity contribution in [1.29, 1.82) is 0 Å². The van der Waals surface area contributed by atoms with Gasteiger partial charge in [0.2, 0.25) is 5.91 Å². The third kappa shape index (κ3) is 8.04. The van der Waals surface area contributed by atoms with Crippen LogP contribution in [0.15, 0.2) is 0 Å². The number of alkyl halides is 1. The van der Waals surface area contributed by atoms with E-state index in [2.05, 4.69) is 21.2 Å². The summed E-state index contributed by atoms with van der Waals surface area (Å²) in [5.41, 5.74) is -0.462. The summed E-state index contributed by atoms with van der Waals surface area (Å²) in [6.07, 6.45) is 0.204. The molecule has 14 heavy (non-hydrogen) atoms. The molecule has 0 fully saturated rings. The van der Waals surface area contributed by atoms with Crippen molar-refractivity contribution in [1.82, 2.24) is 5.32 Å². The highest BCUT2D eigenvalue weighted by Crippen LogP contribution is 2.07. The first-order valence-electron chi connectivity index (χ1n) is 4.39. The number of esters is 1. The Morgan fingerprint density at radius 1 is 1.36 bits per heavy atom. The van der Waals surface area contributed by atoms with Crippen molar-refractivity contribution in [2.75, 3.05) is 11.9 Å². The lowest BCUT2D eigenvalue weighted by Crippen LogP contribution is -2.30. The predicted molar refractivity (Wildman–Crippen MR) is 57.3 cm³/mol. The second-order valence-corrected chi connectivity index (χ2v) is 4.38. The van der Waals surface area contributed by atoms with Crippen LogP contribution in [0.3, 0.4) is 0 Å². The zero-order chi connectivity index (χ0) is 11.2. The number of hydrogen-bond acceptors (Lipinski definition) is 3. The highest BCUT2D eigenvalue weighted by atomic mass is 79.9. The van der Waals surface area contributed by atoms with Crippen LogP contribution in [0, 0.1) is 0 Å². The van der Waals surface area contributed by atoms with E-state index in [9.17, 15) is 9.59 Å². The van der Waals surface area contributed by atoms with Crippen LogP contribution in [0.2, 0.25) is 0 Å². The molecule has 0 aliphatic rings. The fourth-order valence-corrected chi connectivity index (χ4v) is 0.942. The lowest BCUT2D eigenvalue weighted by atomic mass is 10.2. The van der Waals surface area contributed by atoms with Crippen LogP contribution in [0.4, 0.5) is 0 Å². The zero-order valence-electron chi connectivity index (χ0n) is 8.72. The van der Waals surface area contributed by atoms with Gasteiger partial charge in [-0.1, -0.05) is 15.9 Å². The van der Waals surface area contributed by atoms with E-state index in [1.54, 1.807) is 0 Å². The number of nitrogens with one attached hydrogen (secondary N) is 1. The van der Waals surface area contributed by atoms with Gasteiger partial charge >= 0.3 is 5.97 Å². The number of carbonyl (C=O) groups excluding carboxylic acids is 2. The first-order chi connectivity index (χ1) is 6.35. The molecule has 0 aliphatic heterocycles. The van der Waals surface area contributed by atoms with E-state index in [-0.39, 0.29) is 23.6 Å². The molecule has 0 spiro atoms. The Morgan fingerprint density at radius 2 is 1.93 bits per heavy atom. The summed E-state index contributed by atoms with van der Waals surface area (Å²) in [6.45, 7) is 5.74.